The third kappa shape index (κ3) is 2.32. The Kier molecular flexibility index (Phi) is 3.38. The molecule has 8 nitrogen and oxygen atoms in total. The predicted molar refractivity (Wildman–Crippen MR) is 105 cm³/mol. The van der Waals surface area contributed by atoms with E-state index in [1.165, 1.54) is 15.7 Å². The molecule has 0 radical (unpaired) electrons. The summed E-state index contributed by atoms with van der Waals surface area (Å²) >= 11 is 0. The van der Waals surface area contributed by atoms with Crippen LogP contribution in [0.5, 0.6) is 11.5 Å². The lowest BCUT2D eigenvalue weighted by Gasteiger charge is -2.12. The standard InChI is InChI=1S/C20H14N6O2/c1-2-12-11-17(25-21-13-7-3-4-8-14(13)22-25)20(28)18(19(12)27)26-23-15-9-5-6-10-16(15)24-26/h2-11,27-28H,1H2. The van der Waals surface area contributed by atoms with Gasteiger partial charge in [0.25, 0.3) is 0 Å². The van der Waals surface area contributed by atoms with Crippen LogP contribution in [-0.2, 0) is 0 Å². The highest BCUT2D eigenvalue weighted by Crippen LogP contribution is 2.39. The molecule has 5 rings (SSSR count). The minimum atomic E-state index is -0.247. The van der Waals surface area contributed by atoms with Gasteiger partial charge in [0.15, 0.2) is 17.2 Å². The molecule has 0 atom stereocenters. The highest BCUT2D eigenvalue weighted by Gasteiger charge is 2.22. The molecule has 0 bridgehead atoms. The molecular formula is C20H14N6O2. The van der Waals surface area contributed by atoms with Crippen LogP contribution < -0.4 is 0 Å². The van der Waals surface area contributed by atoms with E-state index in [-0.39, 0.29) is 22.9 Å². The zero-order valence-electron chi connectivity index (χ0n) is 14.6. The monoisotopic (exact) mass is 370 g/mol. The van der Waals surface area contributed by atoms with E-state index in [2.05, 4.69) is 27.0 Å². The number of aromatic hydroxyl groups is 2. The summed E-state index contributed by atoms with van der Waals surface area (Å²) in [4.78, 5) is 2.52. The minimum Gasteiger partial charge on any atom is -0.505 e. The van der Waals surface area contributed by atoms with Crippen LogP contribution in [0.1, 0.15) is 5.56 Å². The molecular weight excluding hydrogens is 356 g/mol. The Labute approximate surface area is 158 Å². The fourth-order valence-corrected chi connectivity index (χ4v) is 3.08. The second kappa shape index (κ2) is 5.92. The normalized spacial score (nSPS) is 11.3. The molecule has 0 spiro atoms. The van der Waals surface area contributed by atoms with Gasteiger partial charge in [0, 0.05) is 5.56 Å². The van der Waals surface area contributed by atoms with E-state index in [0.717, 1.165) is 0 Å². The number of hydrogen-bond acceptors (Lipinski definition) is 6. The van der Waals surface area contributed by atoms with Crippen LogP contribution in [0.15, 0.2) is 61.2 Å². The van der Waals surface area contributed by atoms with Gasteiger partial charge in [-0.3, -0.25) is 0 Å². The van der Waals surface area contributed by atoms with E-state index in [4.69, 9.17) is 0 Å². The van der Waals surface area contributed by atoms with Gasteiger partial charge >= 0.3 is 0 Å². The van der Waals surface area contributed by atoms with E-state index >= 15 is 0 Å². The van der Waals surface area contributed by atoms with Crippen molar-refractivity contribution in [2.75, 3.05) is 0 Å². The maximum absolute atomic E-state index is 11.0. The van der Waals surface area contributed by atoms with Crippen LogP contribution in [0, 0.1) is 0 Å². The molecule has 136 valence electrons. The predicted octanol–water partition coefficient (Wildman–Crippen LogP) is 3.21. The smallest absolute Gasteiger partial charge is 0.174 e. The highest BCUT2D eigenvalue weighted by molar-refractivity contribution is 5.78. The Balaban J connectivity index is 1.79. The SMILES string of the molecule is C=Cc1cc(-n2nc3ccccc3n2)c(O)c(-n2nc3ccccc3n2)c1O. The third-order valence-corrected chi connectivity index (χ3v) is 4.47. The Morgan fingerprint density at radius 3 is 1.64 bits per heavy atom. The van der Waals surface area contributed by atoms with Crippen molar-refractivity contribution >= 4 is 28.1 Å². The van der Waals surface area contributed by atoms with Crippen LogP contribution in [0.2, 0.25) is 0 Å². The zero-order valence-corrected chi connectivity index (χ0v) is 14.6. The van der Waals surface area contributed by atoms with Crippen LogP contribution >= 0.6 is 0 Å². The lowest BCUT2D eigenvalue weighted by atomic mass is 10.1. The van der Waals surface area contributed by atoms with Crippen molar-refractivity contribution in [2.24, 2.45) is 0 Å². The first-order valence-electron chi connectivity index (χ1n) is 8.52. The van der Waals surface area contributed by atoms with Gasteiger partial charge in [-0.05, 0) is 30.3 Å². The first kappa shape index (κ1) is 16.0. The van der Waals surface area contributed by atoms with Gasteiger partial charge < -0.3 is 10.2 Å². The van der Waals surface area contributed by atoms with Crippen LogP contribution in [0.4, 0.5) is 0 Å². The summed E-state index contributed by atoms with van der Waals surface area (Å²) < 4.78 is 0. The molecule has 2 aromatic heterocycles. The van der Waals surface area contributed by atoms with E-state index in [1.807, 2.05) is 36.4 Å². The fraction of sp³-hybridized carbons (Fsp3) is 0. The summed E-state index contributed by atoms with van der Waals surface area (Å²) in [6.07, 6.45) is 1.48. The number of fused-ring (bicyclic) bond motifs is 2. The fourth-order valence-electron chi connectivity index (χ4n) is 3.08. The van der Waals surface area contributed by atoms with Gasteiger partial charge in [-0.1, -0.05) is 36.9 Å². The largest absolute Gasteiger partial charge is 0.505 e. The van der Waals surface area contributed by atoms with Crippen molar-refractivity contribution in [1.82, 2.24) is 30.0 Å². The van der Waals surface area contributed by atoms with Gasteiger partial charge in [0.1, 0.15) is 27.8 Å². The molecule has 0 aliphatic carbocycles. The molecule has 2 N–H and O–H groups in total. The van der Waals surface area contributed by atoms with Crippen molar-refractivity contribution in [3.8, 4) is 22.9 Å². The van der Waals surface area contributed by atoms with Crippen molar-refractivity contribution in [3.63, 3.8) is 0 Å². The van der Waals surface area contributed by atoms with Crippen LogP contribution in [0.3, 0.4) is 0 Å². The molecule has 28 heavy (non-hydrogen) atoms. The Morgan fingerprint density at radius 2 is 1.18 bits per heavy atom. The first-order chi connectivity index (χ1) is 13.7. The molecule has 0 unspecified atom stereocenters. The lowest BCUT2D eigenvalue weighted by Crippen LogP contribution is -2.06. The van der Waals surface area contributed by atoms with Crippen molar-refractivity contribution in [3.05, 3.63) is 66.7 Å². The average Bonchev–Trinajstić information content (AvgIpc) is 3.32. The number of phenols is 2. The number of benzene rings is 3. The van der Waals surface area contributed by atoms with E-state index in [9.17, 15) is 10.2 Å². The van der Waals surface area contributed by atoms with Gasteiger partial charge in [0.2, 0.25) is 0 Å². The third-order valence-electron chi connectivity index (χ3n) is 4.47. The Bertz CT molecular complexity index is 1300. The van der Waals surface area contributed by atoms with Crippen molar-refractivity contribution in [2.45, 2.75) is 0 Å². The second-order valence-corrected chi connectivity index (χ2v) is 6.19. The van der Waals surface area contributed by atoms with E-state index in [0.29, 0.717) is 27.6 Å². The first-order valence-corrected chi connectivity index (χ1v) is 8.52. The number of hydrogen-bond donors (Lipinski definition) is 2. The van der Waals surface area contributed by atoms with Gasteiger partial charge in [-0.2, -0.15) is 0 Å². The summed E-state index contributed by atoms with van der Waals surface area (Å²) in [6, 6.07) is 16.2. The molecule has 0 fully saturated rings. The van der Waals surface area contributed by atoms with Crippen molar-refractivity contribution in [1.29, 1.82) is 0 Å². The number of rotatable bonds is 3. The maximum Gasteiger partial charge on any atom is 0.174 e. The van der Waals surface area contributed by atoms with Crippen molar-refractivity contribution < 1.29 is 10.2 Å². The quantitative estimate of drug-likeness (QED) is 0.506. The molecule has 5 aromatic rings. The molecule has 2 heterocycles. The topological polar surface area (TPSA) is 102 Å². The average molecular weight is 370 g/mol. The molecule has 8 heteroatoms. The Morgan fingerprint density at radius 1 is 0.714 bits per heavy atom. The molecule has 3 aromatic carbocycles. The summed E-state index contributed by atoms with van der Waals surface area (Å²) in [5, 5.41) is 39.2. The van der Waals surface area contributed by atoms with Gasteiger partial charge in [-0.25, -0.2) is 0 Å². The molecule has 0 saturated carbocycles. The molecule has 0 aliphatic rings. The summed E-state index contributed by atoms with van der Waals surface area (Å²) in [6.45, 7) is 3.73. The Hall–Kier alpha value is -4.20. The van der Waals surface area contributed by atoms with Gasteiger partial charge in [-0.15, -0.1) is 30.0 Å². The van der Waals surface area contributed by atoms with Gasteiger partial charge in [0.05, 0.1) is 0 Å². The van der Waals surface area contributed by atoms with E-state index in [1.54, 1.807) is 18.2 Å². The molecule has 0 aliphatic heterocycles. The molecule has 0 amide bonds. The number of phenolic OH excluding ortho intramolecular Hbond substituents is 2. The summed E-state index contributed by atoms with van der Waals surface area (Å²) in [5.74, 6) is -0.433. The molecule has 0 saturated heterocycles. The van der Waals surface area contributed by atoms with Crippen LogP contribution in [-0.4, -0.2) is 40.2 Å². The minimum absolute atomic E-state index is 0.0324. The summed E-state index contributed by atoms with van der Waals surface area (Å²) in [5.41, 5.74) is 3.33. The lowest BCUT2D eigenvalue weighted by molar-refractivity contribution is 0.434. The highest BCUT2D eigenvalue weighted by atomic mass is 16.3. The zero-order chi connectivity index (χ0) is 19.3. The number of nitrogens with zero attached hydrogens (tertiary/aromatic N) is 6. The van der Waals surface area contributed by atoms with E-state index < -0.39 is 0 Å². The van der Waals surface area contributed by atoms with Crippen LogP contribution in [0.25, 0.3) is 39.5 Å². The maximum atomic E-state index is 11.0. The second-order valence-electron chi connectivity index (χ2n) is 6.19. The number of aromatic nitrogens is 6. The summed E-state index contributed by atoms with van der Waals surface area (Å²) in [7, 11) is 0.